The molecule has 0 radical (unpaired) electrons. The van der Waals surface area contributed by atoms with Gasteiger partial charge >= 0.3 is 0 Å². The topological polar surface area (TPSA) is 91.6 Å². The maximum absolute atomic E-state index is 13.3. The Labute approximate surface area is 193 Å². The molecule has 1 fully saturated rings. The first-order valence-corrected chi connectivity index (χ1v) is 11.6. The predicted molar refractivity (Wildman–Crippen MR) is 126 cm³/mol. The molecular weight excluding hydrogens is 418 g/mol. The van der Waals surface area contributed by atoms with Gasteiger partial charge in [0.15, 0.2) is 0 Å². The number of carbonyl (C=O) groups excluding carboxylic acids is 2. The maximum atomic E-state index is 13.3. The molecule has 2 aliphatic rings. The van der Waals surface area contributed by atoms with Gasteiger partial charge < -0.3 is 19.9 Å². The van der Waals surface area contributed by atoms with Crippen LogP contribution in [0.3, 0.4) is 0 Å². The van der Waals surface area contributed by atoms with E-state index in [1.807, 2.05) is 49.4 Å². The molecular formula is C26H31N3O4. The van der Waals surface area contributed by atoms with Crippen molar-refractivity contribution in [1.29, 1.82) is 0 Å². The van der Waals surface area contributed by atoms with Crippen LogP contribution >= 0.6 is 0 Å². The number of pyridine rings is 1. The number of hydrogen-bond acceptors (Lipinski definition) is 4. The average molecular weight is 450 g/mol. The molecule has 0 bridgehead atoms. The van der Waals surface area contributed by atoms with Gasteiger partial charge in [-0.3, -0.25) is 14.4 Å². The first-order chi connectivity index (χ1) is 16.0. The van der Waals surface area contributed by atoms with Gasteiger partial charge in [-0.2, -0.15) is 0 Å². The number of rotatable bonds is 7. The molecule has 2 N–H and O–H groups in total. The van der Waals surface area contributed by atoms with E-state index in [1.54, 1.807) is 28.5 Å². The third-order valence-corrected chi connectivity index (χ3v) is 6.87. The van der Waals surface area contributed by atoms with Crippen LogP contribution in [0.1, 0.15) is 43.1 Å². The lowest BCUT2D eigenvalue weighted by molar-refractivity contribution is -0.141. The lowest BCUT2D eigenvalue weighted by atomic mass is 9.88. The molecule has 0 aliphatic carbocycles. The maximum Gasteiger partial charge on any atom is 0.258 e. The monoisotopic (exact) mass is 449 g/mol. The molecule has 1 aromatic carbocycles. The fourth-order valence-corrected chi connectivity index (χ4v) is 5.35. The Kier molecular flexibility index (Phi) is 6.79. The number of allylic oxidation sites excluding steroid dienone is 1. The normalized spacial score (nSPS) is 23.5. The van der Waals surface area contributed by atoms with E-state index < -0.39 is 18.0 Å². The van der Waals surface area contributed by atoms with Crippen molar-refractivity contribution in [2.75, 3.05) is 13.2 Å². The van der Waals surface area contributed by atoms with Gasteiger partial charge in [0.25, 0.3) is 5.56 Å². The smallest absolute Gasteiger partial charge is 0.258 e. The molecule has 174 valence electrons. The summed E-state index contributed by atoms with van der Waals surface area (Å²) in [5.74, 6) is -1.03. The quantitative estimate of drug-likeness (QED) is 0.678. The predicted octanol–water partition coefficient (Wildman–Crippen LogP) is 2.14. The van der Waals surface area contributed by atoms with Crippen molar-refractivity contribution in [2.24, 2.45) is 11.8 Å². The van der Waals surface area contributed by atoms with Crippen LogP contribution in [0.25, 0.3) is 6.08 Å². The zero-order valence-electron chi connectivity index (χ0n) is 19.1. The van der Waals surface area contributed by atoms with Crippen molar-refractivity contribution in [2.45, 2.75) is 45.3 Å². The Balaban J connectivity index is 1.62. The number of amides is 2. The van der Waals surface area contributed by atoms with Crippen molar-refractivity contribution in [1.82, 2.24) is 14.8 Å². The van der Waals surface area contributed by atoms with Gasteiger partial charge in [-0.1, -0.05) is 49.4 Å². The molecule has 0 unspecified atom stereocenters. The molecule has 7 nitrogen and oxygen atoms in total. The summed E-state index contributed by atoms with van der Waals surface area (Å²) in [4.78, 5) is 41.0. The highest BCUT2D eigenvalue weighted by atomic mass is 16.3. The van der Waals surface area contributed by atoms with E-state index in [1.165, 1.54) is 0 Å². The van der Waals surface area contributed by atoms with Gasteiger partial charge in [-0.25, -0.2) is 0 Å². The van der Waals surface area contributed by atoms with Crippen LogP contribution < -0.4 is 10.9 Å². The van der Waals surface area contributed by atoms with E-state index in [0.717, 1.165) is 11.3 Å². The molecule has 33 heavy (non-hydrogen) atoms. The largest absolute Gasteiger partial charge is 0.396 e. The van der Waals surface area contributed by atoms with Crippen LogP contribution in [0.2, 0.25) is 0 Å². The van der Waals surface area contributed by atoms with Crippen LogP contribution in [0.5, 0.6) is 0 Å². The van der Waals surface area contributed by atoms with Crippen LogP contribution in [0.15, 0.2) is 53.3 Å². The molecule has 4 rings (SSSR count). The molecule has 2 aliphatic heterocycles. The van der Waals surface area contributed by atoms with Crippen molar-refractivity contribution in [3.8, 4) is 0 Å². The second-order valence-corrected chi connectivity index (χ2v) is 8.71. The van der Waals surface area contributed by atoms with Gasteiger partial charge in [0.05, 0.1) is 6.04 Å². The van der Waals surface area contributed by atoms with Crippen molar-refractivity contribution >= 4 is 17.9 Å². The van der Waals surface area contributed by atoms with E-state index in [4.69, 9.17) is 0 Å². The van der Waals surface area contributed by atoms with E-state index >= 15 is 0 Å². The van der Waals surface area contributed by atoms with Gasteiger partial charge in [0.1, 0.15) is 6.04 Å². The zero-order valence-corrected chi connectivity index (χ0v) is 19.1. The fourth-order valence-electron chi connectivity index (χ4n) is 5.35. The minimum atomic E-state index is -0.757. The van der Waals surface area contributed by atoms with Crippen LogP contribution in [0, 0.1) is 11.8 Å². The Bertz CT molecular complexity index is 1110. The highest BCUT2D eigenvalue weighted by molar-refractivity contribution is 5.89. The van der Waals surface area contributed by atoms with Gasteiger partial charge in [-0.05, 0) is 31.0 Å². The number of hydrogen-bond donors (Lipinski definition) is 2. The molecule has 3 heterocycles. The molecule has 0 spiro atoms. The van der Waals surface area contributed by atoms with Crippen molar-refractivity contribution in [3.63, 3.8) is 0 Å². The third-order valence-electron chi connectivity index (χ3n) is 6.87. The summed E-state index contributed by atoms with van der Waals surface area (Å²) >= 11 is 0. The molecule has 1 saturated heterocycles. The first-order valence-electron chi connectivity index (χ1n) is 11.6. The number of nitrogens with zero attached hydrogens (tertiary/aromatic N) is 2. The van der Waals surface area contributed by atoms with Gasteiger partial charge in [-0.15, -0.1) is 0 Å². The molecule has 1 aromatic heterocycles. The van der Waals surface area contributed by atoms with Gasteiger partial charge in [0.2, 0.25) is 11.8 Å². The van der Waals surface area contributed by atoms with Crippen LogP contribution in [-0.2, 0) is 22.6 Å². The molecule has 4 atom stereocenters. The minimum Gasteiger partial charge on any atom is -0.396 e. The Morgan fingerprint density at radius 3 is 2.61 bits per heavy atom. The number of aromatic nitrogens is 1. The SMILES string of the molecule is C/C=C\c1ccc2n(c1=O)C[C@@H]1[C@@H](CO)[C@H](C(=O)NCCc3ccccc3)N(C(=O)CC)[C@H]21. The fraction of sp³-hybridized carbons (Fsp3) is 0.423. The Morgan fingerprint density at radius 2 is 1.94 bits per heavy atom. The number of aliphatic hydroxyl groups excluding tert-OH is 1. The summed E-state index contributed by atoms with van der Waals surface area (Å²) in [6.45, 7) is 4.23. The summed E-state index contributed by atoms with van der Waals surface area (Å²) in [5, 5.41) is 13.3. The number of likely N-dealkylation sites (tertiary alicyclic amines) is 1. The van der Waals surface area contributed by atoms with Crippen molar-refractivity contribution in [3.05, 3.63) is 75.7 Å². The molecule has 7 heteroatoms. The zero-order chi connectivity index (χ0) is 23.5. The van der Waals surface area contributed by atoms with E-state index in [9.17, 15) is 19.5 Å². The summed E-state index contributed by atoms with van der Waals surface area (Å²) in [6, 6.07) is 12.4. The standard InChI is InChI=1S/C26H31N3O4/c1-3-8-18-11-12-21-23-19(15-28(21)26(18)33)20(16-30)24(29(23)22(31)4-2)25(32)27-14-13-17-9-6-5-7-10-17/h3,5-12,19-20,23-24,30H,4,13-16H2,1-2H3,(H,27,32)/b8-3-/t19-,20-,23+,24-/m1/s1. The number of aliphatic hydroxyl groups is 1. The van der Waals surface area contributed by atoms with Crippen LogP contribution in [0.4, 0.5) is 0 Å². The number of nitrogens with one attached hydrogen (secondary N) is 1. The lowest BCUT2D eigenvalue weighted by Gasteiger charge is -2.30. The average Bonchev–Trinajstić information content (AvgIpc) is 3.36. The minimum absolute atomic E-state index is 0.107. The molecule has 0 saturated carbocycles. The first kappa shape index (κ1) is 23.0. The van der Waals surface area contributed by atoms with E-state index in [0.29, 0.717) is 25.1 Å². The third kappa shape index (κ3) is 4.13. The Morgan fingerprint density at radius 1 is 1.18 bits per heavy atom. The summed E-state index contributed by atoms with van der Waals surface area (Å²) in [6.07, 6.45) is 4.52. The van der Waals surface area contributed by atoms with Gasteiger partial charge in [0, 0.05) is 49.2 Å². The number of carbonyl (C=O) groups is 2. The number of fused-ring (bicyclic) bond motifs is 3. The molecule has 2 aromatic rings. The molecule has 2 amide bonds. The lowest BCUT2D eigenvalue weighted by Crippen LogP contribution is -2.50. The Hall–Kier alpha value is -3.19. The van der Waals surface area contributed by atoms with Crippen molar-refractivity contribution < 1.29 is 14.7 Å². The second kappa shape index (κ2) is 9.75. The summed E-state index contributed by atoms with van der Waals surface area (Å²) in [5.41, 5.74) is 2.33. The van der Waals surface area contributed by atoms with E-state index in [2.05, 4.69) is 5.32 Å². The summed E-state index contributed by atoms with van der Waals surface area (Å²) in [7, 11) is 0. The highest BCUT2D eigenvalue weighted by Gasteiger charge is 2.56. The second-order valence-electron chi connectivity index (χ2n) is 8.71. The summed E-state index contributed by atoms with van der Waals surface area (Å²) < 4.78 is 1.70. The number of benzene rings is 1. The van der Waals surface area contributed by atoms with Crippen LogP contribution in [-0.4, -0.2) is 45.6 Å². The highest BCUT2D eigenvalue weighted by Crippen LogP contribution is 2.49. The van der Waals surface area contributed by atoms with E-state index in [-0.39, 0.29) is 36.3 Å².